The molecule has 102 valence electrons. The zero-order chi connectivity index (χ0) is 14.5. The van der Waals surface area contributed by atoms with Crippen LogP contribution in [0.1, 0.15) is 17.0 Å². The first-order valence-corrected chi connectivity index (χ1v) is 6.16. The van der Waals surface area contributed by atoms with Crippen LogP contribution in [0.4, 0.5) is 0 Å². The molecule has 0 bridgehead atoms. The molecule has 0 radical (unpaired) electrons. The lowest BCUT2D eigenvalue weighted by molar-refractivity contribution is 0.406. The van der Waals surface area contributed by atoms with Gasteiger partial charge in [0.2, 0.25) is 0 Å². The summed E-state index contributed by atoms with van der Waals surface area (Å²) in [5.74, 6) is 3.97. The molecule has 0 amide bonds. The van der Waals surface area contributed by atoms with Crippen molar-refractivity contribution in [3.05, 3.63) is 53.6 Å². The lowest BCUT2D eigenvalue weighted by Gasteiger charge is -2.16. The van der Waals surface area contributed by atoms with Crippen molar-refractivity contribution in [3.8, 4) is 29.6 Å². The summed E-state index contributed by atoms with van der Waals surface area (Å²) >= 11 is 0. The molecule has 0 aromatic heterocycles. The fraction of sp³-hybridized carbons (Fsp3) is 0.176. The topological polar surface area (TPSA) is 38.7 Å². The molecule has 0 aliphatic carbocycles. The molecular weight excluding hydrogens is 252 g/mol. The van der Waals surface area contributed by atoms with Crippen LogP contribution in [-0.2, 0) is 0 Å². The van der Waals surface area contributed by atoms with E-state index < -0.39 is 0 Å². The highest BCUT2D eigenvalue weighted by Gasteiger charge is 2.17. The summed E-state index contributed by atoms with van der Waals surface area (Å²) in [4.78, 5) is 0. The minimum Gasteiger partial charge on any atom is -0.508 e. The van der Waals surface area contributed by atoms with Crippen LogP contribution in [0, 0.1) is 12.3 Å². The van der Waals surface area contributed by atoms with E-state index in [1.165, 1.54) is 0 Å². The SMILES string of the molecule is C#CC(c1cccc(OC)c1)c1cc(O)ccc1OC. The van der Waals surface area contributed by atoms with Crippen LogP contribution in [0.5, 0.6) is 17.2 Å². The summed E-state index contributed by atoms with van der Waals surface area (Å²) in [6.45, 7) is 0. The van der Waals surface area contributed by atoms with Gasteiger partial charge in [0, 0.05) is 5.56 Å². The van der Waals surface area contributed by atoms with Crippen molar-refractivity contribution >= 4 is 0 Å². The molecule has 2 aromatic carbocycles. The Morgan fingerprint density at radius 3 is 2.55 bits per heavy atom. The van der Waals surface area contributed by atoms with Gasteiger partial charge in [-0.05, 0) is 35.9 Å². The number of methoxy groups -OCH3 is 2. The summed E-state index contributed by atoms with van der Waals surface area (Å²) in [6.07, 6.45) is 5.67. The third kappa shape index (κ3) is 2.70. The second-order valence-corrected chi connectivity index (χ2v) is 4.30. The van der Waals surface area contributed by atoms with Gasteiger partial charge in [-0.2, -0.15) is 0 Å². The highest BCUT2D eigenvalue weighted by molar-refractivity contribution is 5.50. The van der Waals surface area contributed by atoms with E-state index in [0.717, 1.165) is 16.9 Å². The van der Waals surface area contributed by atoms with Crippen LogP contribution < -0.4 is 9.47 Å². The van der Waals surface area contributed by atoms with Crippen LogP contribution in [0.15, 0.2) is 42.5 Å². The maximum Gasteiger partial charge on any atom is 0.123 e. The summed E-state index contributed by atoms with van der Waals surface area (Å²) in [6, 6.07) is 12.5. The zero-order valence-electron chi connectivity index (χ0n) is 11.5. The van der Waals surface area contributed by atoms with E-state index in [9.17, 15) is 5.11 Å². The summed E-state index contributed by atoms with van der Waals surface area (Å²) in [5.41, 5.74) is 1.67. The maximum atomic E-state index is 9.68. The molecule has 3 heteroatoms. The van der Waals surface area contributed by atoms with E-state index in [1.54, 1.807) is 32.4 Å². The molecule has 2 rings (SSSR count). The molecule has 0 saturated heterocycles. The number of phenolic OH excluding ortho intramolecular Hbond substituents is 1. The van der Waals surface area contributed by atoms with Crippen LogP contribution >= 0.6 is 0 Å². The number of aromatic hydroxyl groups is 1. The molecule has 1 atom stereocenters. The minimum atomic E-state index is -0.313. The molecule has 1 N–H and O–H groups in total. The normalized spacial score (nSPS) is 11.4. The van der Waals surface area contributed by atoms with E-state index in [2.05, 4.69) is 5.92 Å². The van der Waals surface area contributed by atoms with Crippen molar-refractivity contribution in [2.45, 2.75) is 5.92 Å². The number of phenols is 1. The number of ether oxygens (including phenoxy) is 2. The van der Waals surface area contributed by atoms with Gasteiger partial charge in [0.1, 0.15) is 17.2 Å². The van der Waals surface area contributed by atoms with E-state index in [1.807, 2.05) is 24.3 Å². The monoisotopic (exact) mass is 268 g/mol. The fourth-order valence-corrected chi connectivity index (χ4v) is 2.13. The van der Waals surface area contributed by atoms with Gasteiger partial charge in [-0.1, -0.05) is 18.1 Å². The summed E-state index contributed by atoms with van der Waals surface area (Å²) < 4.78 is 10.5. The van der Waals surface area contributed by atoms with Crippen LogP contribution in [0.3, 0.4) is 0 Å². The third-order valence-corrected chi connectivity index (χ3v) is 3.12. The molecule has 2 aromatic rings. The van der Waals surface area contributed by atoms with Crippen LogP contribution in [-0.4, -0.2) is 19.3 Å². The standard InChI is InChI=1S/C17H16O3/c1-4-15(12-6-5-7-14(10-12)19-2)16-11-13(18)8-9-17(16)20-3/h1,5-11,15,18H,2-3H3. The van der Waals surface area contributed by atoms with Crippen molar-refractivity contribution < 1.29 is 14.6 Å². The van der Waals surface area contributed by atoms with Crippen molar-refractivity contribution in [1.29, 1.82) is 0 Å². The number of terminal acetylenes is 1. The fourth-order valence-electron chi connectivity index (χ4n) is 2.13. The lowest BCUT2D eigenvalue weighted by Crippen LogP contribution is -2.01. The van der Waals surface area contributed by atoms with Gasteiger partial charge < -0.3 is 14.6 Å². The first-order valence-electron chi connectivity index (χ1n) is 6.16. The van der Waals surface area contributed by atoms with Crippen LogP contribution in [0.2, 0.25) is 0 Å². The molecule has 3 nitrogen and oxygen atoms in total. The van der Waals surface area contributed by atoms with E-state index in [0.29, 0.717) is 5.75 Å². The molecule has 1 unspecified atom stereocenters. The van der Waals surface area contributed by atoms with Gasteiger partial charge in [0.25, 0.3) is 0 Å². The quantitative estimate of drug-likeness (QED) is 0.866. The third-order valence-electron chi connectivity index (χ3n) is 3.12. The predicted molar refractivity (Wildman–Crippen MR) is 78.3 cm³/mol. The van der Waals surface area contributed by atoms with Crippen molar-refractivity contribution in [2.75, 3.05) is 14.2 Å². The van der Waals surface area contributed by atoms with Gasteiger partial charge in [-0.3, -0.25) is 0 Å². The van der Waals surface area contributed by atoms with Gasteiger partial charge in [-0.25, -0.2) is 0 Å². The highest BCUT2D eigenvalue weighted by Crippen LogP contribution is 2.34. The van der Waals surface area contributed by atoms with Crippen molar-refractivity contribution in [3.63, 3.8) is 0 Å². The molecule has 0 fully saturated rings. The van der Waals surface area contributed by atoms with E-state index >= 15 is 0 Å². The van der Waals surface area contributed by atoms with Crippen LogP contribution in [0.25, 0.3) is 0 Å². The highest BCUT2D eigenvalue weighted by atomic mass is 16.5. The van der Waals surface area contributed by atoms with E-state index in [-0.39, 0.29) is 11.7 Å². The Kier molecular flexibility index (Phi) is 4.17. The number of hydrogen-bond donors (Lipinski definition) is 1. The summed E-state index contributed by atoms with van der Waals surface area (Å²) in [5, 5.41) is 9.68. The van der Waals surface area contributed by atoms with Gasteiger partial charge in [-0.15, -0.1) is 6.42 Å². The molecule has 20 heavy (non-hydrogen) atoms. The number of rotatable bonds is 4. The summed E-state index contributed by atoms with van der Waals surface area (Å²) in [7, 11) is 3.19. The smallest absolute Gasteiger partial charge is 0.123 e. The minimum absolute atomic E-state index is 0.156. The largest absolute Gasteiger partial charge is 0.508 e. The van der Waals surface area contributed by atoms with E-state index in [4.69, 9.17) is 15.9 Å². The van der Waals surface area contributed by atoms with Crippen molar-refractivity contribution in [1.82, 2.24) is 0 Å². The Morgan fingerprint density at radius 2 is 1.90 bits per heavy atom. The molecule has 0 spiro atoms. The Bertz CT molecular complexity index is 641. The molecule has 0 aliphatic rings. The first-order chi connectivity index (χ1) is 9.69. The number of hydrogen-bond acceptors (Lipinski definition) is 3. The molecule has 0 heterocycles. The second-order valence-electron chi connectivity index (χ2n) is 4.30. The molecule has 0 aliphatic heterocycles. The first kappa shape index (κ1) is 13.8. The lowest BCUT2D eigenvalue weighted by atomic mass is 9.91. The Hall–Kier alpha value is -2.60. The Balaban J connectivity index is 2.52. The molecule has 0 saturated carbocycles. The second kappa shape index (κ2) is 6.03. The molecular formula is C17H16O3. The number of benzene rings is 2. The Morgan fingerprint density at radius 1 is 1.10 bits per heavy atom. The van der Waals surface area contributed by atoms with Gasteiger partial charge in [0.15, 0.2) is 0 Å². The average molecular weight is 268 g/mol. The Labute approximate surface area is 118 Å². The average Bonchev–Trinajstić information content (AvgIpc) is 2.48. The van der Waals surface area contributed by atoms with Gasteiger partial charge >= 0.3 is 0 Å². The predicted octanol–water partition coefficient (Wildman–Crippen LogP) is 3.17. The van der Waals surface area contributed by atoms with Crippen molar-refractivity contribution in [2.24, 2.45) is 0 Å². The van der Waals surface area contributed by atoms with Gasteiger partial charge in [0.05, 0.1) is 20.1 Å². The zero-order valence-corrected chi connectivity index (χ0v) is 11.5. The maximum absolute atomic E-state index is 9.68.